The zero-order valence-corrected chi connectivity index (χ0v) is 75.7. The zero-order valence-electron chi connectivity index (χ0n) is 75.7. The topological polar surface area (TPSA) is 32.8 Å². The van der Waals surface area contributed by atoms with Gasteiger partial charge in [-0.1, -0.05) is 461 Å². The molecule has 0 fully saturated rings. The van der Waals surface area contributed by atoms with Gasteiger partial charge in [0, 0.05) is 66.8 Å². The summed E-state index contributed by atoms with van der Waals surface area (Å²) in [6.07, 6.45) is 0. The van der Waals surface area contributed by atoms with E-state index in [-0.39, 0.29) is 0 Å². The first-order chi connectivity index (χ1) is 68.4. The minimum absolute atomic E-state index is 0.463. The Bertz CT molecular complexity index is 8550. The molecule has 2 aromatic heterocycles. The van der Waals surface area contributed by atoms with Crippen molar-refractivity contribution in [1.29, 1.82) is 0 Å². The average molecular weight is 1760 g/mol. The highest BCUT2D eigenvalue weighted by Gasteiger charge is 2.49. The molecule has 648 valence electrons. The predicted molar refractivity (Wildman–Crippen MR) is 575 cm³/mol. The van der Waals surface area contributed by atoms with E-state index in [1.807, 2.05) is 18.2 Å². The molecule has 0 unspecified atom stereocenters. The van der Waals surface area contributed by atoms with Gasteiger partial charge in [-0.25, -0.2) is 0 Å². The molecule has 26 rings (SSSR count). The highest BCUT2D eigenvalue weighted by Crippen LogP contribution is 2.61. The maximum absolute atomic E-state index is 6.57. The van der Waals surface area contributed by atoms with Crippen LogP contribution in [0.1, 0.15) is 44.5 Å². The molecular formula is C134H90N2O2. The van der Waals surface area contributed by atoms with E-state index >= 15 is 0 Å². The number of benzene rings is 22. The normalized spacial score (nSPS) is 12.5. The van der Waals surface area contributed by atoms with Gasteiger partial charge < -0.3 is 18.6 Å². The molecule has 24 aromatic rings. The van der Waals surface area contributed by atoms with Crippen molar-refractivity contribution in [2.75, 3.05) is 9.80 Å². The molecular weight excluding hydrogens is 1670 g/mol. The Morgan fingerprint density at radius 3 is 0.761 bits per heavy atom. The van der Waals surface area contributed by atoms with Crippen LogP contribution in [-0.2, 0) is 10.8 Å². The minimum atomic E-state index is -0.466. The number of anilines is 6. The molecule has 0 atom stereocenters. The van der Waals surface area contributed by atoms with Crippen molar-refractivity contribution in [2.24, 2.45) is 0 Å². The first-order valence-electron chi connectivity index (χ1n) is 47.5. The molecule has 4 nitrogen and oxygen atoms in total. The van der Waals surface area contributed by atoms with Crippen LogP contribution >= 0.6 is 0 Å². The Morgan fingerprint density at radius 2 is 0.384 bits per heavy atom. The van der Waals surface area contributed by atoms with Gasteiger partial charge in [-0.05, 0) is 230 Å². The van der Waals surface area contributed by atoms with Crippen molar-refractivity contribution >= 4 is 78.0 Å². The maximum Gasteiger partial charge on any atom is 0.143 e. The van der Waals surface area contributed by atoms with E-state index in [1.54, 1.807) is 0 Å². The summed E-state index contributed by atoms with van der Waals surface area (Å²) < 4.78 is 13.1. The average Bonchev–Trinajstić information content (AvgIpc) is 1.53. The lowest BCUT2D eigenvalue weighted by molar-refractivity contribution is 0.669. The first kappa shape index (κ1) is 82.0. The molecule has 0 saturated heterocycles. The van der Waals surface area contributed by atoms with Crippen LogP contribution in [0.3, 0.4) is 0 Å². The van der Waals surface area contributed by atoms with Crippen molar-refractivity contribution in [3.8, 4) is 111 Å². The Morgan fingerprint density at radius 1 is 0.145 bits per heavy atom. The van der Waals surface area contributed by atoms with Crippen molar-refractivity contribution in [3.05, 3.63) is 590 Å². The molecule has 2 aliphatic carbocycles. The van der Waals surface area contributed by atoms with Crippen LogP contribution in [0.2, 0.25) is 0 Å². The number of rotatable bonds is 18. The van der Waals surface area contributed by atoms with E-state index in [4.69, 9.17) is 8.83 Å². The van der Waals surface area contributed by atoms with Gasteiger partial charge in [0.1, 0.15) is 22.3 Å². The number of hydrogen-bond acceptors (Lipinski definition) is 4. The Kier molecular flexibility index (Phi) is 20.7. The summed E-state index contributed by atoms with van der Waals surface area (Å²) in [5, 5.41) is 4.49. The fourth-order valence-corrected chi connectivity index (χ4v) is 22.1. The third-order valence-electron chi connectivity index (χ3n) is 28.4. The smallest absolute Gasteiger partial charge is 0.143 e. The molecule has 2 heterocycles. The van der Waals surface area contributed by atoms with Gasteiger partial charge in [0.2, 0.25) is 0 Å². The van der Waals surface area contributed by atoms with Crippen LogP contribution in [-0.4, -0.2) is 0 Å². The van der Waals surface area contributed by atoms with Crippen LogP contribution in [0, 0.1) is 0 Å². The second-order valence-electron chi connectivity index (χ2n) is 35.9. The van der Waals surface area contributed by atoms with Gasteiger partial charge in [-0.2, -0.15) is 0 Å². The van der Waals surface area contributed by atoms with Crippen molar-refractivity contribution in [3.63, 3.8) is 0 Å². The highest BCUT2D eigenvalue weighted by molar-refractivity contribution is 6.11. The number of nitrogens with zero attached hydrogens (tertiary/aromatic N) is 2. The van der Waals surface area contributed by atoms with Gasteiger partial charge >= 0.3 is 0 Å². The Hall–Kier alpha value is -18.0. The molecule has 4 heteroatoms. The number of fused-ring (bicyclic) bond motifs is 12. The van der Waals surface area contributed by atoms with Gasteiger partial charge in [-0.15, -0.1) is 0 Å². The third kappa shape index (κ3) is 14.2. The molecule has 0 N–H and O–H groups in total. The molecule has 0 saturated carbocycles. The van der Waals surface area contributed by atoms with Crippen LogP contribution in [0.25, 0.3) is 155 Å². The van der Waals surface area contributed by atoms with Gasteiger partial charge in [0.15, 0.2) is 0 Å². The number of furan rings is 2. The Balaban J connectivity index is 0.000000146. The molecule has 138 heavy (non-hydrogen) atoms. The van der Waals surface area contributed by atoms with Crippen LogP contribution < -0.4 is 9.80 Å². The summed E-state index contributed by atoms with van der Waals surface area (Å²) >= 11 is 0. The monoisotopic (exact) mass is 1760 g/mol. The molecule has 0 bridgehead atoms. The van der Waals surface area contributed by atoms with E-state index < -0.39 is 10.8 Å². The summed E-state index contributed by atoms with van der Waals surface area (Å²) in [6.45, 7) is 0. The molecule has 0 radical (unpaired) electrons. The predicted octanol–water partition coefficient (Wildman–Crippen LogP) is 36.2. The van der Waals surface area contributed by atoms with E-state index in [1.165, 1.54) is 122 Å². The van der Waals surface area contributed by atoms with Crippen molar-refractivity contribution in [2.45, 2.75) is 10.8 Å². The van der Waals surface area contributed by atoms with Crippen molar-refractivity contribution in [1.82, 2.24) is 0 Å². The first-order valence-corrected chi connectivity index (χ1v) is 47.5. The molecule has 0 spiro atoms. The van der Waals surface area contributed by atoms with E-state index in [2.05, 4.69) is 538 Å². The largest absolute Gasteiger partial charge is 0.455 e. The second kappa shape index (κ2) is 34.9. The molecule has 22 aromatic carbocycles. The summed E-state index contributed by atoms with van der Waals surface area (Å²) in [7, 11) is 0. The summed E-state index contributed by atoms with van der Waals surface area (Å²) in [5.74, 6) is 0. The Labute approximate surface area is 803 Å². The standard InChI is InChI=1S/2C67H45NO/c1-4-18-46(19-5-1)47-36-38-48(39-37-47)50-20-14-26-55(44-50)68(56-27-15-21-51(45-56)58-31-16-32-60-59-28-11-13-35-64(59)69-66(58)60)54-42-40-49(41-43-54)57-30-17-34-63-65(57)61-29-10-12-33-62(61)67(63,52-22-6-2-7-23-52)53-24-8-3-9-25-53;1-4-17-46(18-5-1)47-33-35-48(36-34-47)49-37-41-54(42-38-49)68(56-24-14-19-51(45-56)58-28-15-29-60-59-25-11-13-32-64(59)69-66(58)60)55-43-39-50(40-44-55)57-27-16-31-63-65(57)61-26-10-12-30-62(61)67(63,52-20-6-2-7-21-52)53-22-8-3-9-23-53/h2*1-45H. The fraction of sp³-hybridized carbons (Fsp3) is 0.0149. The van der Waals surface area contributed by atoms with E-state index in [0.29, 0.717) is 0 Å². The summed E-state index contributed by atoms with van der Waals surface area (Å²) in [4.78, 5) is 4.75. The van der Waals surface area contributed by atoms with Crippen molar-refractivity contribution < 1.29 is 8.83 Å². The van der Waals surface area contributed by atoms with Crippen LogP contribution in [0.15, 0.2) is 555 Å². The highest BCUT2D eigenvalue weighted by atomic mass is 16.3. The number of hydrogen-bond donors (Lipinski definition) is 0. The molecule has 0 aliphatic heterocycles. The van der Waals surface area contributed by atoms with Crippen LogP contribution in [0.4, 0.5) is 34.1 Å². The lowest BCUT2D eigenvalue weighted by atomic mass is 9.67. The summed E-state index contributed by atoms with van der Waals surface area (Å²) in [5.41, 5.74) is 43.0. The third-order valence-corrected chi connectivity index (χ3v) is 28.4. The lowest BCUT2D eigenvalue weighted by Gasteiger charge is -2.34. The fourth-order valence-electron chi connectivity index (χ4n) is 22.1. The van der Waals surface area contributed by atoms with E-state index in [9.17, 15) is 0 Å². The van der Waals surface area contributed by atoms with Crippen LogP contribution in [0.5, 0.6) is 0 Å². The zero-order chi connectivity index (χ0) is 91.5. The van der Waals surface area contributed by atoms with Gasteiger partial charge in [0.25, 0.3) is 0 Å². The minimum Gasteiger partial charge on any atom is -0.455 e. The van der Waals surface area contributed by atoms with Gasteiger partial charge in [-0.3, -0.25) is 0 Å². The SMILES string of the molecule is c1ccc(-c2ccc(-c3ccc(N(c4ccc(-c5cccc6c5-c5ccccc5C6(c5ccccc5)c5ccccc5)cc4)c4cccc(-c5cccc6c5oc5ccccc56)c4)cc3)cc2)cc1.c1ccc(-c2ccc(-c3cccc(N(c4ccc(-c5cccc6c5-c5ccccc5C6(c5ccccc5)c5ccccc5)cc4)c4cccc(-c5cccc6c5oc5ccccc56)c4)c3)cc2)cc1. The lowest BCUT2D eigenvalue weighted by Crippen LogP contribution is -2.28. The number of para-hydroxylation sites is 4. The molecule has 2 aliphatic rings. The van der Waals surface area contributed by atoms with E-state index in [0.717, 1.165) is 111 Å². The van der Waals surface area contributed by atoms with Gasteiger partial charge in [0.05, 0.1) is 10.8 Å². The molecule has 0 amide bonds. The summed E-state index contributed by atoms with van der Waals surface area (Å²) in [6, 6.07) is 198. The second-order valence-corrected chi connectivity index (χ2v) is 35.9. The quantitative estimate of drug-likeness (QED) is 0.0857. The maximum atomic E-state index is 6.57.